The first-order valence-corrected chi connectivity index (χ1v) is 8.71. The van der Waals surface area contributed by atoms with Crippen molar-refractivity contribution >= 4 is 6.03 Å². The van der Waals surface area contributed by atoms with Gasteiger partial charge < -0.3 is 15.0 Å². The minimum atomic E-state index is -4.41. The van der Waals surface area contributed by atoms with Crippen LogP contribution >= 0.6 is 0 Å². The summed E-state index contributed by atoms with van der Waals surface area (Å²) < 4.78 is 41.2. The maximum atomic E-state index is 12.4. The van der Waals surface area contributed by atoms with Crippen LogP contribution in [0.15, 0.2) is 18.3 Å². The fraction of sp³-hybridized carbons (Fsp3) is 0.647. The number of aromatic nitrogens is 1. The van der Waals surface area contributed by atoms with Crippen LogP contribution in [0.25, 0.3) is 0 Å². The summed E-state index contributed by atoms with van der Waals surface area (Å²) in [7, 11) is 0. The zero-order valence-corrected chi connectivity index (χ0v) is 14.6. The highest BCUT2D eigenvalue weighted by molar-refractivity contribution is 5.74. The Labute approximate surface area is 150 Å². The number of nitrogens with zero attached hydrogens (tertiary/aromatic N) is 3. The number of alkyl halides is 3. The number of nitrogens with one attached hydrogen (secondary N) is 1. The van der Waals surface area contributed by atoms with Gasteiger partial charge in [0.25, 0.3) is 0 Å². The second-order valence-corrected chi connectivity index (χ2v) is 7.00. The van der Waals surface area contributed by atoms with Gasteiger partial charge in [-0.3, -0.25) is 4.90 Å². The molecule has 26 heavy (non-hydrogen) atoms. The van der Waals surface area contributed by atoms with Crippen LogP contribution in [0.3, 0.4) is 0 Å². The summed E-state index contributed by atoms with van der Waals surface area (Å²) in [5.74, 6) is 0.553. The predicted molar refractivity (Wildman–Crippen MR) is 88.7 cm³/mol. The number of amides is 2. The third-order valence-electron chi connectivity index (χ3n) is 4.74. The lowest BCUT2D eigenvalue weighted by Gasteiger charge is -2.37. The van der Waals surface area contributed by atoms with E-state index >= 15 is 0 Å². The number of rotatable bonds is 4. The maximum Gasteiger partial charge on any atom is 0.422 e. The molecule has 2 saturated heterocycles. The van der Waals surface area contributed by atoms with Gasteiger partial charge in [-0.2, -0.15) is 13.2 Å². The van der Waals surface area contributed by atoms with E-state index in [-0.39, 0.29) is 18.5 Å². The average molecular weight is 372 g/mol. The number of fused-ring (bicyclic) bond motifs is 1. The molecule has 2 atom stereocenters. The van der Waals surface area contributed by atoms with Crippen LogP contribution in [-0.2, 0) is 6.54 Å². The molecule has 0 aliphatic carbocycles. The van der Waals surface area contributed by atoms with Crippen LogP contribution in [0, 0.1) is 5.92 Å². The molecule has 2 aliphatic heterocycles. The zero-order valence-electron chi connectivity index (χ0n) is 14.6. The molecule has 3 rings (SSSR count). The molecule has 1 aromatic heterocycles. The fourth-order valence-electron chi connectivity index (χ4n) is 3.57. The summed E-state index contributed by atoms with van der Waals surface area (Å²) in [6.45, 7) is 4.43. The molecule has 0 aromatic carbocycles. The molecular weight excluding hydrogens is 349 g/mol. The Morgan fingerprint density at radius 1 is 1.38 bits per heavy atom. The molecule has 3 heterocycles. The molecule has 2 fully saturated rings. The predicted octanol–water partition coefficient (Wildman–Crippen LogP) is 2.26. The molecule has 9 heteroatoms. The van der Waals surface area contributed by atoms with Gasteiger partial charge in [-0.1, -0.05) is 6.92 Å². The van der Waals surface area contributed by atoms with Gasteiger partial charge in [0.15, 0.2) is 6.61 Å². The number of ether oxygens (including phenoxy) is 1. The molecule has 2 unspecified atom stereocenters. The summed E-state index contributed by atoms with van der Waals surface area (Å²) in [5, 5.41) is 2.82. The zero-order chi connectivity index (χ0) is 18.7. The smallest absolute Gasteiger partial charge is 0.422 e. The minimum Gasteiger partial charge on any atom is -0.468 e. The first kappa shape index (κ1) is 18.8. The van der Waals surface area contributed by atoms with Crippen LogP contribution < -0.4 is 10.1 Å². The summed E-state index contributed by atoms with van der Waals surface area (Å²) in [6, 6.07) is 3.31. The fourth-order valence-corrected chi connectivity index (χ4v) is 3.57. The van der Waals surface area contributed by atoms with Crippen molar-refractivity contribution in [1.29, 1.82) is 0 Å². The van der Waals surface area contributed by atoms with E-state index in [1.54, 1.807) is 6.07 Å². The highest BCUT2D eigenvalue weighted by atomic mass is 19.4. The third kappa shape index (κ3) is 5.00. The van der Waals surface area contributed by atoms with Crippen LogP contribution in [0.5, 0.6) is 5.88 Å². The molecule has 0 bridgehead atoms. The number of halogens is 3. The van der Waals surface area contributed by atoms with E-state index in [0.29, 0.717) is 30.6 Å². The molecule has 1 N–H and O–H groups in total. The lowest BCUT2D eigenvalue weighted by Crippen LogP contribution is -2.54. The standard InChI is InChI=1S/C17H23F3N4O2/c1-12-6-14-10-24(5-4-23(14)9-12)16(25)22-8-13-2-3-21-15(7-13)26-11-17(18,19)20/h2-3,7,12,14H,4-6,8-11H2,1H3,(H,22,25). The Kier molecular flexibility index (Phi) is 5.55. The molecule has 1 aromatic rings. The van der Waals surface area contributed by atoms with Gasteiger partial charge >= 0.3 is 12.2 Å². The SMILES string of the molecule is CC1CC2CN(C(=O)NCc3ccnc(OCC(F)(F)F)c3)CCN2C1. The monoisotopic (exact) mass is 372 g/mol. The van der Waals surface area contributed by atoms with Crippen molar-refractivity contribution in [2.45, 2.75) is 32.1 Å². The van der Waals surface area contributed by atoms with Crippen molar-refractivity contribution in [2.24, 2.45) is 5.92 Å². The largest absolute Gasteiger partial charge is 0.468 e. The third-order valence-corrected chi connectivity index (χ3v) is 4.74. The number of carbonyl (C=O) groups is 1. The Morgan fingerprint density at radius 3 is 2.96 bits per heavy atom. The van der Waals surface area contributed by atoms with Crippen LogP contribution in [0.2, 0.25) is 0 Å². The van der Waals surface area contributed by atoms with Gasteiger partial charge in [-0.25, -0.2) is 9.78 Å². The summed E-state index contributed by atoms with van der Waals surface area (Å²) in [4.78, 5) is 20.4. The van der Waals surface area contributed by atoms with E-state index in [4.69, 9.17) is 0 Å². The maximum absolute atomic E-state index is 12.4. The van der Waals surface area contributed by atoms with Crippen LogP contribution in [-0.4, -0.2) is 65.8 Å². The molecule has 0 saturated carbocycles. The Hall–Kier alpha value is -2.03. The van der Waals surface area contributed by atoms with Gasteiger partial charge in [-0.15, -0.1) is 0 Å². The highest BCUT2D eigenvalue weighted by Gasteiger charge is 2.35. The van der Waals surface area contributed by atoms with Gasteiger partial charge in [0.1, 0.15) is 0 Å². The number of pyridine rings is 1. The van der Waals surface area contributed by atoms with Crippen LogP contribution in [0.1, 0.15) is 18.9 Å². The van der Waals surface area contributed by atoms with E-state index in [1.165, 1.54) is 12.3 Å². The van der Waals surface area contributed by atoms with E-state index in [2.05, 4.69) is 26.9 Å². The number of hydrogen-bond acceptors (Lipinski definition) is 4. The highest BCUT2D eigenvalue weighted by Crippen LogP contribution is 2.26. The van der Waals surface area contributed by atoms with Crippen molar-refractivity contribution in [3.05, 3.63) is 23.9 Å². The van der Waals surface area contributed by atoms with E-state index in [1.807, 2.05) is 4.90 Å². The second kappa shape index (κ2) is 7.69. The summed E-state index contributed by atoms with van der Waals surface area (Å²) >= 11 is 0. The lowest BCUT2D eigenvalue weighted by atomic mass is 10.1. The van der Waals surface area contributed by atoms with Gasteiger partial charge in [0.2, 0.25) is 5.88 Å². The van der Waals surface area contributed by atoms with Crippen LogP contribution in [0.4, 0.5) is 18.0 Å². The van der Waals surface area contributed by atoms with E-state index < -0.39 is 12.8 Å². The normalized spacial score (nSPS) is 23.6. The van der Waals surface area contributed by atoms with E-state index in [9.17, 15) is 18.0 Å². The molecule has 2 amide bonds. The molecular formula is C17H23F3N4O2. The number of piperazine rings is 1. The quantitative estimate of drug-likeness (QED) is 0.881. The van der Waals surface area contributed by atoms with Gasteiger partial charge in [0.05, 0.1) is 0 Å². The Bertz CT molecular complexity index is 641. The molecule has 0 radical (unpaired) electrons. The first-order valence-electron chi connectivity index (χ1n) is 8.71. The second-order valence-electron chi connectivity index (χ2n) is 7.00. The van der Waals surface area contributed by atoms with E-state index in [0.717, 1.165) is 19.5 Å². The lowest BCUT2D eigenvalue weighted by molar-refractivity contribution is -0.154. The summed E-state index contributed by atoms with van der Waals surface area (Å²) in [6.07, 6.45) is -1.94. The minimum absolute atomic E-state index is 0.109. The Balaban J connectivity index is 1.48. The Morgan fingerprint density at radius 2 is 2.19 bits per heavy atom. The van der Waals surface area contributed by atoms with Crippen molar-refractivity contribution in [1.82, 2.24) is 20.1 Å². The number of urea groups is 1. The molecule has 6 nitrogen and oxygen atoms in total. The van der Waals surface area contributed by atoms with Gasteiger partial charge in [0, 0.05) is 51.0 Å². The summed E-state index contributed by atoms with van der Waals surface area (Å²) in [5.41, 5.74) is 0.638. The van der Waals surface area contributed by atoms with Crippen molar-refractivity contribution in [3.63, 3.8) is 0 Å². The van der Waals surface area contributed by atoms with Crippen molar-refractivity contribution in [2.75, 3.05) is 32.8 Å². The number of carbonyl (C=O) groups excluding carboxylic acids is 1. The van der Waals surface area contributed by atoms with Gasteiger partial charge in [-0.05, 0) is 24.0 Å². The van der Waals surface area contributed by atoms with Crippen molar-refractivity contribution < 1.29 is 22.7 Å². The topological polar surface area (TPSA) is 57.7 Å². The van der Waals surface area contributed by atoms with Crippen molar-refractivity contribution in [3.8, 4) is 5.88 Å². The average Bonchev–Trinajstić information content (AvgIpc) is 2.96. The molecule has 0 spiro atoms. The number of hydrogen-bond donors (Lipinski definition) is 1. The molecule has 144 valence electrons. The molecule has 2 aliphatic rings. The first-order chi connectivity index (χ1) is 12.3.